The van der Waals surface area contributed by atoms with E-state index in [0.717, 1.165) is 12.8 Å². The molecule has 4 heteroatoms. The Balaban J connectivity index is 2.67. The molecule has 0 N–H and O–H groups in total. The molecule has 0 saturated heterocycles. The Kier molecular flexibility index (Phi) is 5.26. The molecule has 0 aromatic heterocycles. The number of ketones is 1. The molecule has 88 valence electrons. The summed E-state index contributed by atoms with van der Waals surface area (Å²) in [5.41, 5.74) is 0.283. The van der Waals surface area contributed by atoms with Crippen molar-refractivity contribution in [3.8, 4) is 5.75 Å². The van der Waals surface area contributed by atoms with Crippen molar-refractivity contribution in [1.82, 2.24) is 0 Å². The van der Waals surface area contributed by atoms with E-state index < -0.39 is 5.82 Å². The number of benzene rings is 1. The maximum absolute atomic E-state index is 12.9. The SMILES string of the molecule is CC(=O)c1cc(F)ccc1OCCCCCl. The molecule has 0 aliphatic heterocycles. The van der Waals surface area contributed by atoms with Gasteiger partial charge in [-0.3, -0.25) is 4.79 Å². The molecule has 16 heavy (non-hydrogen) atoms. The monoisotopic (exact) mass is 244 g/mol. The van der Waals surface area contributed by atoms with Crippen molar-refractivity contribution in [2.45, 2.75) is 19.8 Å². The summed E-state index contributed by atoms with van der Waals surface area (Å²) in [6.07, 6.45) is 1.68. The molecular formula is C12H14ClFO2. The number of carbonyl (C=O) groups is 1. The molecule has 0 spiro atoms. The molecule has 0 radical (unpaired) electrons. The molecule has 1 rings (SSSR count). The average Bonchev–Trinajstić information content (AvgIpc) is 2.26. The Labute approximate surface area is 99.4 Å². The lowest BCUT2D eigenvalue weighted by Crippen LogP contribution is -2.03. The number of alkyl halides is 1. The van der Waals surface area contributed by atoms with Crippen molar-refractivity contribution >= 4 is 17.4 Å². The highest BCUT2D eigenvalue weighted by Gasteiger charge is 2.09. The van der Waals surface area contributed by atoms with Crippen molar-refractivity contribution in [1.29, 1.82) is 0 Å². The van der Waals surface area contributed by atoms with Gasteiger partial charge >= 0.3 is 0 Å². The first kappa shape index (κ1) is 13.0. The van der Waals surface area contributed by atoms with Crippen molar-refractivity contribution < 1.29 is 13.9 Å². The summed E-state index contributed by atoms with van der Waals surface area (Å²) < 4.78 is 18.3. The highest BCUT2D eigenvalue weighted by Crippen LogP contribution is 2.20. The van der Waals surface area contributed by atoms with Crippen LogP contribution in [0, 0.1) is 5.82 Å². The summed E-state index contributed by atoms with van der Waals surface area (Å²) in [6.45, 7) is 1.87. The lowest BCUT2D eigenvalue weighted by atomic mass is 10.1. The molecular weight excluding hydrogens is 231 g/mol. The Morgan fingerprint density at radius 1 is 1.44 bits per heavy atom. The second kappa shape index (κ2) is 6.48. The Hall–Kier alpha value is -1.09. The highest BCUT2D eigenvalue weighted by molar-refractivity contribution is 6.17. The summed E-state index contributed by atoms with van der Waals surface area (Å²) in [6, 6.07) is 3.95. The van der Waals surface area contributed by atoms with Gasteiger partial charge in [-0.2, -0.15) is 0 Å². The zero-order valence-electron chi connectivity index (χ0n) is 9.13. The van der Waals surface area contributed by atoms with E-state index in [-0.39, 0.29) is 11.3 Å². The van der Waals surface area contributed by atoms with E-state index in [4.69, 9.17) is 16.3 Å². The molecule has 0 aliphatic rings. The molecule has 0 atom stereocenters. The zero-order chi connectivity index (χ0) is 12.0. The fourth-order valence-corrected chi connectivity index (χ4v) is 1.47. The smallest absolute Gasteiger partial charge is 0.163 e. The van der Waals surface area contributed by atoms with Crippen LogP contribution in [0.15, 0.2) is 18.2 Å². The van der Waals surface area contributed by atoms with Crippen molar-refractivity contribution in [2.75, 3.05) is 12.5 Å². The second-order valence-electron chi connectivity index (χ2n) is 3.44. The third-order valence-electron chi connectivity index (χ3n) is 2.11. The number of hydrogen-bond acceptors (Lipinski definition) is 2. The van der Waals surface area contributed by atoms with Crippen LogP contribution in [-0.4, -0.2) is 18.3 Å². The normalized spacial score (nSPS) is 10.2. The van der Waals surface area contributed by atoms with E-state index in [1.807, 2.05) is 0 Å². The van der Waals surface area contributed by atoms with Gasteiger partial charge < -0.3 is 4.74 Å². The van der Waals surface area contributed by atoms with Gasteiger partial charge in [-0.25, -0.2) is 4.39 Å². The largest absolute Gasteiger partial charge is 0.493 e. The van der Waals surface area contributed by atoms with Crippen LogP contribution in [0.3, 0.4) is 0 Å². The third kappa shape index (κ3) is 3.81. The van der Waals surface area contributed by atoms with Crippen molar-refractivity contribution in [3.05, 3.63) is 29.6 Å². The molecule has 0 unspecified atom stereocenters. The zero-order valence-corrected chi connectivity index (χ0v) is 9.89. The van der Waals surface area contributed by atoms with E-state index >= 15 is 0 Å². The molecule has 0 saturated carbocycles. The minimum absolute atomic E-state index is 0.202. The third-order valence-corrected chi connectivity index (χ3v) is 2.37. The lowest BCUT2D eigenvalue weighted by molar-refractivity contribution is 0.101. The molecule has 1 aromatic carbocycles. The van der Waals surface area contributed by atoms with Gasteiger partial charge in [-0.1, -0.05) is 0 Å². The first-order chi connectivity index (χ1) is 7.65. The number of carbonyl (C=O) groups excluding carboxylic acids is 1. The van der Waals surface area contributed by atoms with Gasteiger partial charge in [0.1, 0.15) is 11.6 Å². The summed E-state index contributed by atoms with van der Waals surface area (Å²) >= 11 is 5.53. The van der Waals surface area contributed by atoms with Gasteiger partial charge in [0.2, 0.25) is 0 Å². The predicted octanol–water partition coefficient (Wildman–Crippen LogP) is 3.43. The van der Waals surface area contributed by atoms with E-state index in [1.54, 1.807) is 0 Å². The molecule has 0 fully saturated rings. The predicted molar refractivity (Wildman–Crippen MR) is 61.9 cm³/mol. The fourth-order valence-electron chi connectivity index (χ4n) is 1.28. The lowest BCUT2D eigenvalue weighted by Gasteiger charge is -2.09. The maximum Gasteiger partial charge on any atom is 0.163 e. The first-order valence-corrected chi connectivity index (χ1v) is 5.68. The van der Waals surface area contributed by atoms with E-state index in [9.17, 15) is 9.18 Å². The van der Waals surface area contributed by atoms with Crippen LogP contribution in [0.1, 0.15) is 30.1 Å². The van der Waals surface area contributed by atoms with Crippen LogP contribution >= 0.6 is 11.6 Å². The second-order valence-corrected chi connectivity index (χ2v) is 3.82. The summed E-state index contributed by atoms with van der Waals surface area (Å²) in [5.74, 6) is 0.389. The summed E-state index contributed by atoms with van der Waals surface area (Å²) in [7, 11) is 0. The quantitative estimate of drug-likeness (QED) is 0.435. The first-order valence-electron chi connectivity index (χ1n) is 5.14. The molecule has 0 aliphatic carbocycles. The van der Waals surface area contributed by atoms with Crippen LogP contribution in [0.5, 0.6) is 5.75 Å². The standard InChI is InChI=1S/C12H14ClFO2/c1-9(15)11-8-10(14)4-5-12(11)16-7-3-2-6-13/h4-5,8H,2-3,6-7H2,1H3. The Morgan fingerprint density at radius 2 is 2.19 bits per heavy atom. The van der Waals surface area contributed by atoms with Crippen LogP contribution in [0.4, 0.5) is 4.39 Å². The highest BCUT2D eigenvalue weighted by atomic mass is 35.5. The molecule has 2 nitrogen and oxygen atoms in total. The van der Waals surface area contributed by atoms with Crippen LogP contribution in [0.2, 0.25) is 0 Å². The average molecular weight is 245 g/mol. The Morgan fingerprint density at radius 3 is 2.81 bits per heavy atom. The minimum atomic E-state index is -0.432. The fraction of sp³-hybridized carbons (Fsp3) is 0.417. The van der Waals surface area contributed by atoms with Gasteiger partial charge in [0, 0.05) is 5.88 Å². The summed E-state index contributed by atoms with van der Waals surface area (Å²) in [5, 5.41) is 0. The van der Waals surface area contributed by atoms with E-state index in [2.05, 4.69) is 0 Å². The van der Waals surface area contributed by atoms with Gasteiger partial charge in [-0.05, 0) is 38.0 Å². The van der Waals surface area contributed by atoms with E-state index in [1.165, 1.54) is 25.1 Å². The number of hydrogen-bond donors (Lipinski definition) is 0. The van der Waals surface area contributed by atoms with Gasteiger partial charge in [0.15, 0.2) is 5.78 Å². The molecule has 0 bridgehead atoms. The van der Waals surface area contributed by atoms with Crippen LogP contribution in [0.25, 0.3) is 0 Å². The van der Waals surface area contributed by atoms with Gasteiger partial charge in [0.05, 0.1) is 12.2 Å². The molecule has 0 heterocycles. The van der Waals surface area contributed by atoms with Gasteiger partial charge in [0.25, 0.3) is 0 Å². The number of ether oxygens (including phenoxy) is 1. The number of rotatable bonds is 6. The minimum Gasteiger partial charge on any atom is -0.493 e. The number of unbranched alkanes of at least 4 members (excludes halogenated alkanes) is 1. The molecule has 1 aromatic rings. The number of Topliss-reactive ketones (excluding diaryl/α,β-unsaturated/α-hetero) is 1. The van der Waals surface area contributed by atoms with Crippen molar-refractivity contribution in [2.24, 2.45) is 0 Å². The Bertz CT molecular complexity index is 366. The van der Waals surface area contributed by atoms with Crippen molar-refractivity contribution in [3.63, 3.8) is 0 Å². The van der Waals surface area contributed by atoms with Crippen LogP contribution < -0.4 is 4.74 Å². The van der Waals surface area contributed by atoms with Crippen LogP contribution in [-0.2, 0) is 0 Å². The number of halogens is 2. The molecule has 0 amide bonds. The summed E-state index contributed by atoms with van der Waals surface area (Å²) in [4.78, 5) is 11.2. The van der Waals surface area contributed by atoms with Gasteiger partial charge in [-0.15, -0.1) is 11.6 Å². The topological polar surface area (TPSA) is 26.3 Å². The maximum atomic E-state index is 12.9. The van der Waals surface area contributed by atoms with E-state index in [0.29, 0.717) is 18.2 Å².